The summed E-state index contributed by atoms with van der Waals surface area (Å²) in [6.07, 6.45) is 0. The summed E-state index contributed by atoms with van der Waals surface area (Å²) < 4.78 is 37.8. The number of hydrogen-bond acceptors (Lipinski definition) is 3. The van der Waals surface area contributed by atoms with E-state index in [2.05, 4.69) is 5.32 Å². The standard InChI is InChI=1S/C18H21ClFNO2S/c1-13(2)18(14-3-7-16(20)8-4-14)21-11-12-24(22,23)17-9-5-15(19)6-10-17/h3-10,13,18,21H,11-12H2,1-2H3. The molecule has 0 radical (unpaired) electrons. The molecule has 0 spiro atoms. The maximum Gasteiger partial charge on any atom is 0.179 e. The lowest BCUT2D eigenvalue weighted by molar-refractivity contribution is 0.421. The van der Waals surface area contributed by atoms with E-state index in [1.54, 1.807) is 24.3 Å². The number of rotatable bonds is 7. The van der Waals surface area contributed by atoms with E-state index in [9.17, 15) is 12.8 Å². The van der Waals surface area contributed by atoms with Crippen molar-refractivity contribution in [1.29, 1.82) is 0 Å². The monoisotopic (exact) mass is 369 g/mol. The first-order valence-electron chi connectivity index (χ1n) is 7.77. The summed E-state index contributed by atoms with van der Waals surface area (Å²) in [6.45, 7) is 4.38. The van der Waals surface area contributed by atoms with Crippen LogP contribution in [0.25, 0.3) is 0 Å². The largest absolute Gasteiger partial charge is 0.309 e. The Bertz CT molecular complexity index is 759. The molecule has 24 heavy (non-hydrogen) atoms. The fourth-order valence-electron chi connectivity index (χ4n) is 2.52. The van der Waals surface area contributed by atoms with Crippen LogP contribution in [0.5, 0.6) is 0 Å². The molecule has 1 atom stereocenters. The highest BCUT2D eigenvalue weighted by atomic mass is 35.5. The van der Waals surface area contributed by atoms with Gasteiger partial charge in [0, 0.05) is 17.6 Å². The molecule has 2 rings (SSSR count). The fraction of sp³-hybridized carbons (Fsp3) is 0.333. The molecule has 0 saturated carbocycles. The molecule has 0 heterocycles. The van der Waals surface area contributed by atoms with Crippen molar-refractivity contribution in [3.05, 3.63) is 64.9 Å². The zero-order chi connectivity index (χ0) is 17.7. The molecular weight excluding hydrogens is 349 g/mol. The molecule has 0 saturated heterocycles. The van der Waals surface area contributed by atoms with E-state index in [1.165, 1.54) is 24.3 Å². The number of nitrogens with one attached hydrogen (secondary N) is 1. The molecule has 0 aliphatic carbocycles. The lowest BCUT2D eigenvalue weighted by atomic mass is 9.96. The van der Waals surface area contributed by atoms with Gasteiger partial charge < -0.3 is 5.32 Å². The van der Waals surface area contributed by atoms with Gasteiger partial charge in [-0.3, -0.25) is 0 Å². The molecule has 130 valence electrons. The predicted octanol–water partition coefficient (Wildman–Crippen LogP) is 4.24. The molecule has 0 fully saturated rings. The van der Waals surface area contributed by atoms with E-state index in [0.29, 0.717) is 11.6 Å². The Hall–Kier alpha value is -1.43. The number of benzene rings is 2. The van der Waals surface area contributed by atoms with E-state index in [1.807, 2.05) is 13.8 Å². The smallest absolute Gasteiger partial charge is 0.179 e. The maximum absolute atomic E-state index is 13.1. The first-order chi connectivity index (χ1) is 11.3. The maximum atomic E-state index is 13.1. The van der Waals surface area contributed by atoms with Gasteiger partial charge in [0.2, 0.25) is 0 Å². The summed E-state index contributed by atoms with van der Waals surface area (Å²) in [7, 11) is -3.37. The van der Waals surface area contributed by atoms with Crippen molar-refractivity contribution in [1.82, 2.24) is 5.32 Å². The van der Waals surface area contributed by atoms with Crippen LogP contribution in [0.2, 0.25) is 5.02 Å². The van der Waals surface area contributed by atoms with Crippen molar-refractivity contribution in [3.8, 4) is 0 Å². The Morgan fingerprint density at radius 3 is 2.17 bits per heavy atom. The van der Waals surface area contributed by atoms with Gasteiger partial charge in [0.25, 0.3) is 0 Å². The number of halogens is 2. The summed E-state index contributed by atoms with van der Waals surface area (Å²) in [5.41, 5.74) is 0.940. The van der Waals surface area contributed by atoms with Crippen molar-refractivity contribution in [2.24, 2.45) is 5.92 Å². The van der Waals surface area contributed by atoms with Crippen molar-refractivity contribution < 1.29 is 12.8 Å². The zero-order valence-electron chi connectivity index (χ0n) is 13.7. The zero-order valence-corrected chi connectivity index (χ0v) is 15.2. The topological polar surface area (TPSA) is 46.2 Å². The summed E-state index contributed by atoms with van der Waals surface area (Å²) in [6, 6.07) is 12.4. The molecule has 0 aliphatic heterocycles. The van der Waals surface area contributed by atoms with Gasteiger partial charge in [0.1, 0.15) is 5.82 Å². The Morgan fingerprint density at radius 1 is 1.04 bits per heavy atom. The van der Waals surface area contributed by atoms with Crippen LogP contribution in [-0.4, -0.2) is 20.7 Å². The molecule has 6 heteroatoms. The minimum absolute atomic E-state index is 0.0148. The summed E-state index contributed by atoms with van der Waals surface area (Å²) in [4.78, 5) is 0.261. The molecule has 2 aromatic rings. The van der Waals surface area contributed by atoms with Crippen molar-refractivity contribution in [3.63, 3.8) is 0 Å². The van der Waals surface area contributed by atoms with Gasteiger partial charge in [-0.25, -0.2) is 12.8 Å². The SMILES string of the molecule is CC(C)C(NCCS(=O)(=O)c1ccc(Cl)cc1)c1ccc(F)cc1. The molecule has 0 aliphatic rings. The molecular formula is C18H21ClFNO2S. The lowest BCUT2D eigenvalue weighted by Gasteiger charge is -2.23. The van der Waals surface area contributed by atoms with Crippen LogP contribution in [0.4, 0.5) is 4.39 Å². The molecule has 0 amide bonds. The van der Waals surface area contributed by atoms with Crippen LogP contribution < -0.4 is 5.32 Å². The van der Waals surface area contributed by atoms with Crippen LogP contribution in [0, 0.1) is 11.7 Å². The minimum atomic E-state index is -3.37. The average Bonchev–Trinajstić information content (AvgIpc) is 2.53. The van der Waals surface area contributed by atoms with Gasteiger partial charge in [0.15, 0.2) is 9.84 Å². The average molecular weight is 370 g/mol. The van der Waals surface area contributed by atoms with Gasteiger partial charge in [0.05, 0.1) is 10.6 Å². The van der Waals surface area contributed by atoms with Gasteiger partial charge in [-0.2, -0.15) is 0 Å². The molecule has 3 nitrogen and oxygen atoms in total. The first kappa shape index (κ1) is 18.9. The Balaban J connectivity index is 2.02. The van der Waals surface area contributed by atoms with Gasteiger partial charge in [-0.1, -0.05) is 37.6 Å². The van der Waals surface area contributed by atoms with E-state index < -0.39 is 9.84 Å². The highest BCUT2D eigenvalue weighted by molar-refractivity contribution is 7.91. The fourth-order valence-corrected chi connectivity index (χ4v) is 3.82. The first-order valence-corrected chi connectivity index (χ1v) is 9.80. The van der Waals surface area contributed by atoms with Crippen LogP contribution in [0.15, 0.2) is 53.4 Å². The normalized spacial score (nSPS) is 13.2. The second kappa shape index (κ2) is 8.10. The molecule has 0 bridgehead atoms. The van der Waals surface area contributed by atoms with Crippen LogP contribution in [0.1, 0.15) is 25.5 Å². The second-order valence-corrected chi connectivity index (χ2v) is 8.55. The third kappa shape index (κ3) is 5.03. The van der Waals surface area contributed by atoms with Crippen molar-refractivity contribution >= 4 is 21.4 Å². The van der Waals surface area contributed by atoms with Crippen LogP contribution >= 0.6 is 11.6 Å². The van der Waals surface area contributed by atoms with Crippen molar-refractivity contribution in [2.75, 3.05) is 12.3 Å². The summed E-state index contributed by atoms with van der Waals surface area (Å²) in [5, 5.41) is 3.77. The second-order valence-electron chi connectivity index (χ2n) is 6.00. The minimum Gasteiger partial charge on any atom is -0.309 e. The van der Waals surface area contributed by atoms with E-state index in [4.69, 9.17) is 11.6 Å². The van der Waals surface area contributed by atoms with Gasteiger partial charge in [-0.05, 0) is 47.9 Å². The van der Waals surface area contributed by atoms with E-state index in [-0.39, 0.29) is 28.4 Å². The highest BCUT2D eigenvalue weighted by Gasteiger charge is 2.18. The van der Waals surface area contributed by atoms with Crippen LogP contribution in [0.3, 0.4) is 0 Å². The van der Waals surface area contributed by atoms with E-state index in [0.717, 1.165) is 5.56 Å². The van der Waals surface area contributed by atoms with E-state index >= 15 is 0 Å². The number of sulfone groups is 1. The third-order valence-corrected chi connectivity index (χ3v) is 5.79. The Labute approximate surface area is 147 Å². The predicted molar refractivity (Wildman–Crippen MR) is 95.5 cm³/mol. The molecule has 0 aromatic heterocycles. The molecule has 1 N–H and O–H groups in total. The lowest BCUT2D eigenvalue weighted by Crippen LogP contribution is -2.30. The molecule has 1 unspecified atom stereocenters. The van der Waals surface area contributed by atoms with Gasteiger partial charge >= 0.3 is 0 Å². The quantitative estimate of drug-likeness (QED) is 0.794. The number of hydrogen-bond donors (Lipinski definition) is 1. The Morgan fingerprint density at radius 2 is 1.62 bits per heavy atom. The third-order valence-electron chi connectivity index (χ3n) is 3.80. The van der Waals surface area contributed by atoms with Crippen LogP contribution in [-0.2, 0) is 9.84 Å². The van der Waals surface area contributed by atoms with Crippen molar-refractivity contribution in [2.45, 2.75) is 24.8 Å². The van der Waals surface area contributed by atoms with Gasteiger partial charge in [-0.15, -0.1) is 0 Å². The highest BCUT2D eigenvalue weighted by Crippen LogP contribution is 2.22. The summed E-state index contributed by atoms with van der Waals surface area (Å²) in [5.74, 6) is -0.0563. The Kier molecular flexibility index (Phi) is 6.38. The summed E-state index contributed by atoms with van der Waals surface area (Å²) >= 11 is 5.79. The molecule has 2 aromatic carbocycles.